The van der Waals surface area contributed by atoms with Crippen LogP contribution >= 0.6 is 0 Å². The molecule has 9 aliphatic heterocycles. The van der Waals surface area contributed by atoms with Crippen LogP contribution in [0.1, 0.15) is 239 Å². The molecule has 0 aromatic heterocycles. The lowest BCUT2D eigenvalue weighted by molar-refractivity contribution is 0.0264. The van der Waals surface area contributed by atoms with Gasteiger partial charge in [0.15, 0.2) is 0 Å². The van der Waals surface area contributed by atoms with Crippen LogP contribution in [0.4, 0.5) is 0 Å². The predicted molar refractivity (Wildman–Crippen MR) is 348 cm³/mol. The van der Waals surface area contributed by atoms with Crippen LogP contribution in [0.15, 0.2) is 0 Å². The van der Waals surface area contributed by atoms with Gasteiger partial charge in [-0.15, -0.1) is 0 Å². The maximum atomic E-state index is 2.75. The fourth-order valence-electron chi connectivity index (χ4n) is 15.7. The Morgan fingerprint density at radius 2 is 0.375 bits per heavy atom. The first-order chi connectivity index (χ1) is 37.8. The van der Waals surface area contributed by atoms with Crippen molar-refractivity contribution in [1.29, 1.82) is 0 Å². The van der Waals surface area contributed by atoms with Crippen molar-refractivity contribution >= 4 is 0 Å². The molecule has 0 aromatic carbocycles. The first kappa shape index (κ1) is 68.7. The topological polar surface area (TPSA) is 35.6 Å². The first-order valence-corrected chi connectivity index (χ1v) is 34.9. The molecule has 11 heteroatoms. The van der Waals surface area contributed by atoms with Crippen LogP contribution in [-0.4, -0.2) is 263 Å². The normalized spacial score (nSPS) is 27.3. The Kier molecular flexibility index (Phi) is 27.9. The van der Waals surface area contributed by atoms with E-state index in [1.807, 2.05) is 0 Å². The minimum Gasteiger partial charge on any atom is -0.306 e. The molecule has 10 aliphatic rings. The van der Waals surface area contributed by atoms with Gasteiger partial charge in [-0.05, 0) is 266 Å². The van der Waals surface area contributed by atoms with Crippen molar-refractivity contribution in [2.45, 2.75) is 297 Å². The Hall–Kier alpha value is -0.440. The summed E-state index contributed by atoms with van der Waals surface area (Å²) in [4.78, 5) is 29.4. The Labute approximate surface area is 499 Å². The van der Waals surface area contributed by atoms with Gasteiger partial charge in [-0.1, -0.05) is 32.1 Å². The van der Waals surface area contributed by atoms with Crippen molar-refractivity contribution < 1.29 is 0 Å². The molecule has 0 amide bonds. The Morgan fingerprint density at radius 1 is 0.188 bits per heavy atom. The lowest BCUT2D eigenvalue weighted by Crippen LogP contribution is -2.56. The van der Waals surface area contributed by atoms with Crippen LogP contribution in [0.25, 0.3) is 0 Å². The molecule has 9 saturated heterocycles. The van der Waals surface area contributed by atoms with E-state index < -0.39 is 0 Å². The largest absolute Gasteiger partial charge is 0.306 e. The van der Waals surface area contributed by atoms with E-state index in [1.54, 1.807) is 0 Å². The summed E-state index contributed by atoms with van der Waals surface area (Å²) in [7, 11) is 2.24. The smallest absolute Gasteiger partial charge is 0.0126 e. The molecule has 0 spiro atoms. The van der Waals surface area contributed by atoms with Crippen molar-refractivity contribution in [1.82, 2.24) is 53.9 Å². The molecule has 0 unspecified atom stereocenters. The maximum absolute atomic E-state index is 2.75. The molecule has 1 saturated carbocycles. The zero-order valence-corrected chi connectivity index (χ0v) is 56.7. The molecule has 0 atom stereocenters. The van der Waals surface area contributed by atoms with E-state index in [4.69, 9.17) is 0 Å². The van der Waals surface area contributed by atoms with Gasteiger partial charge in [0.2, 0.25) is 0 Å². The third kappa shape index (κ3) is 23.0. The van der Waals surface area contributed by atoms with Gasteiger partial charge in [0, 0.05) is 150 Å². The van der Waals surface area contributed by atoms with Crippen molar-refractivity contribution in [2.24, 2.45) is 0 Å². The molecule has 0 N–H and O–H groups in total. The summed E-state index contributed by atoms with van der Waals surface area (Å²) >= 11 is 0. The highest BCUT2D eigenvalue weighted by Gasteiger charge is 2.35. The molecular formula is C69H139N11. The molecule has 10 rings (SSSR count). The fourth-order valence-corrected chi connectivity index (χ4v) is 15.7. The summed E-state index contributed by atoms with van der Waals surface area (Å²) in [6.45, 7) is 63.7. The predicted octanol–water partition coefficient (Wildman–Crippen LogP) is 12.0. The molecule has 1 aliphatic carbocycles. The van der Waals surface area contributed by atoms with E-state index >= 15 is 0 Å². The van der Waals surface area contributed by atoms with Gasteiger partial charge in [-0.25, -0.2) is 0 Å². The second kappa shape index (κ2) is 32.5. The number of nitrogens with zero attached hydrogens (tertiary/aromatic N) is 11. The van der Waals surface area contributed by atoms with Gasteiger partial charge in [0.05, 0.1) is 0 Å². The van der Waals surface area contributed by atoms with Gasteiger partial charge >= 0.3 is 0 Å². The number of hydrogen-bond donors (Lipinski definition) is 0. The summed E-state index contributed by atoms with van der Waals surface area (Å²) in [5.74, 6) is 0. The second-order valence-corrected chi connectivity index (χ2v) is 32.3. The summed E-state index contributed by atoms with van der Waals surface area (Å²) in [6, 6.07) is 4.44. The van der Waals surface area contributed by atoms with Crippen LogP contribution in [0.3, 0.4) is 0 Å². The maximum Gasteiger partial charge on any atom is 0.0126 e. The average molecular weight is 1120 g/mol. The SMILES string of the molecule is CC(C)(C)N1CCC(N2CCCC2)CC1.CC(C)(C)N1CCC(N2CCCCC2)CC1.CC(C)(C)N1CCC(N2CCCCC2)CC1.CC(C)(C)N1CCN(C2CCCCC2)CC1.CN1CCC(N2CCN(C(C)(C)C)CC2)CC1. The van der Waals surface area contributed by atoms with Crippen LogP contribution in [0.5, 0.6) is 0 Å². The quantitative estimate of drug-likeness (QED) is 0.264. The van der Waals surface area contributed by atoms with E-state index in [1.165, 1.54) is 279 Å². The van der Waals surface area contributed by atoms with Crippen molar-refractivity contribution in [3.8, 4) is 0 Å². The van der Waals surface area contributed by atoms with Crippen LogP contribution in [0.2, 0.25) is 0 Å². The Balaban J connectivity index is 0.000000161. The molecule has 0 radical (unpaired) electrons. The third-order valence-electron chi connectivity index (χ3n) is 21.5. The highest BCUT2D eigenvalue weighted by atomic mass is 15.3. The Bertz CT molecular complexity index is 1490. The number of hydrogen-bond acceptors (Lipinski definition) is 11. The van der Waals surface area contributed by atoms with E-state index in [2.05, 4.69) is 165 Å². The van der Waals surface area contributed by atoms with Crippen LogP contribution in [-0.2, 0) is 0 Å². The van der Waals surface area contributed by atoms with Gasteiger partial charge in [-0.3, -0.25) is 34.3 Å². The van der Waals surface area contributed by atoms with Crippen LogP contribution < -0.4 is 0 Å². The Morgan fingerprint density at radius 3 is 0.625 bits per heavy atom. The van der Waals surface area contributed by atoms with E-state index in [0.29, 0.717) is 27.7 Å². The van der Waals surface area contributed by atoms with E-state index in [-0.39, 0.29) is 0 Å². The molecule has 80 heavy (non-hydrogen) atoms. The number of piperazine rings is 2. The van der Waals surface area contributed by atoms with Crippen LogP contribution in [0, 0.1) is 0 Å². The zero-order valence-electron chi connectivity index (χ0n) is 56.7. The molecule has 470 valence electrons. The van der Waals surface area contributed by atoms with Gasteiger partial charge in [0.25, 0.3) is 0 Å². The molecule has 11 nitrogen and oxygen atoms in total. The van der Waals surface area contributed by atoms with Crippen molar-refractivity contribution in [3.05, 3.63) is 0 Å². The summed E-state index contributed by atoms with van der Waals surface area (Å²) in [6.07, 6.45) is 29.8. The van der Waals surface area contributed by atoms with Gasteiger partial charge in [0.1, 0.15) is 0 Å². The number of likely N-dealkylation sites (tertiary alicyclic amines) is 7. The van der Waals surface area contributed by atoms with Gasteiger partial charge in [-0.2, -0.15) is 0 Å². The molecule has 10 fully saturated rings. The fraction of sp³-hybridized carbons (Fsp3) is 1.00. The zero-order chi connectivity index (χ0) is 58.1. The second-order valence-electron chi connectivity index (χ2n) is 32.3. The molecule has 0 aromatic rings. The highest BCUT2D eigenvalue weighted by Crippen LogP contribution is 2.30. The third-order valence-corrected chi connectivity index (χ3v) is 21.5. The van der Waals surface area contributed by atoms with Crippen molar-refractivity contribution in [3.63, 3.8) is 0 Å². The highest BCUT2D eigenvalue weighted by molar-refractivity contribution is 4.92. The lowest BCUT2D eigenvalue weighted by atomic mass is 9.93. The lowest BCUT2D eigenvalue weighted by Gasteiger charge is -2.46. The minimum absolute atomic E-state index is 0.346. The molecule has 0 bridgehead atoms. The van der Waals surface area contributed by atoms with Gasteiger partial charge < -0.3 is 19.6 Å². The average Bonchev–Trinajstić information content (AvgIpc) is 4.02. The minimum atomic E-state index is 0.346. The van der Waals surface area contributed by atoms with E-state index in [0.717, 1.165) is 30.2 Å². The van der Waals surface area contributed by atoms with E-state index in [9.17, 15) is 0 Å². The van der Waals surface area contributed by atoms with Crippen molar-refractivity contribution in [2.75, 3.05) is 151 Å². The monoisotopic (exact) mass is 1120 g/mol. The summed E-state index contributed by atoms with van der Waals surface area (Å²) in [5, 5.41) is 0. The molecular weight excluding hydrogens is 983 g/mol. The number of rotatable bonds is 5. The summed E-state index contributed by atoms with van der Waals surface area (Å²) < 4.78 is 0. The molecule has 9 heterocycles. The standard InChI is InChI=1S/C14H29N3.3C14H28N2.C13H26N2/c1-14(2,3)17-11-9-16(10-12-17)13-5-7-15(4)8-6-13;2*1-14(2,3)16-11-7-13(8-12-16)15-9-5-4-6-10-15;1-14(2,3)16-11-9-15(10-12-16)13-7-5-4-6-8-13;1-13(2,3)15-10-6-12(7-11-15)14-8-4-5-9-14/h13H,5-12H2,1-4H3;3*13H,4-12H2,1-3H3;12H,4-11H2,1-3H3. The summed E-state index contributed by atoms with van der Waals surface area (Å²) in [5.41, 5.74) is 1.81. The first-order valence-electron chi connectivity index (χ1n) is 34.9. The number of piperidine rings is 6.